The van der Waals surface area contributed by atoms with Gasteiger partial charge in [0.2, 0.25) is 5.91 Å². The Kier molecular flexibility index (Phi) is 10.8. The number of primary amides is 1. The zero-order chi connectivity index (χ0) is 31.0. The van der Waals surface area contributed by atoms with Crippen molar-refractivity contribution in [3.63, 3.8) is 0 Å². The number of aliphatic hydroxyl groups excluding tert-OH is 1. The number of carbonyl (C=O) groups is 2. The molecule has 3 atom stereocenters. The topological polar surface area (TPSA) is 108 Å². The fourth-order valence-electron chi connectivity index (χ4n) is 6.76. The van der Waals surface area contributed by atoms with E-state index in [4.69, 9.17) is 5.73 Å². The fraction of sp³-hybridized carbons (Fsp3) is 0.500. The molecule has 1 unspecified atom stereocenters. The molecule has 2 aromatic carbocycles. The minimum absolute atomic E-state index is 0.0556. The summed E-state index contributed by atoms with van der Waals surface area (Å²) in [5.74, 6) is -3.47. The van der Waals surface area contributed by atoms with Gasteiger partial charge in [-0.1, -0.05) is 63.1 Å². The molecule has 9 heteroatoms. The smallest absolute Gasteiger partial charge is 0.255 e. The van der Waals surface area contributed by atoms with Gasteiger partial charge >= 0.3 is 0 Å². The Morgan fingerprint density at radius 3 is 2.26 bits per heavy atom. The molecule has 1 aliphatic carbocycles. The fourth-order valence-corrected chi connectivity index (χ4v) is 6.76. The van der Waals surface area contributed by atoms with Crippen molar-refractivity contribution in [2.75, 3.05) is 26.2 Å². The van der Waals surface area contributed by atoms with Crippen molar-refractivity contribution in [1.82, 2.24) is 10.2 Å². The molecule has 1 fully saturated rings. The molecule has 2 aliphatic rings. The van der Waals surface area contributed by atoms with Crippen molar-refractivity contribution in [2.24, 2.45) is 22.1 Å². The molecule has 2 aromatic rings. The van der Waals surface area contributed by atoms with Crippen LogP contribution in [0, 0.1) is 23.0 Å². The van der Waals surface area contributed by atoms with Crippen LogP contribution in [-0.2, 0) is 21.5 Å². The molecule has 232 valence electrons. The van der Waals surface area contributed by atoms with Gasteiger partial charge in [-0.15, -0.1) is 0 Å². The highest BCUT2D eigenvalue weighted by molar-refractivity contribution is 6.13. The normalized spacial score (nSPS) is 20.8. The number of aliphatic hydroxyl groups is 1. The van der Waals surface area contributed by atoms with Crippen LogP contribution < -0.4 is 11.1 Å². The van der Waals surface area contributed by atoms with E-state index in [1.165, 1.54) is 24.4 Å². The van der Waals surface area contributed by atoms with E-state index in [1.54, 1.807) is 4.90 Å². The average molecular weight is 595 g/mol. The van der Waals surface area contributed by atoms with Gasteiger partial charge in [0.05, 0.1) is 23.6 Å². The van der Waals surface area contributed by atoms with Gasteiger partial charge in [0, 0.05) is 43.4 Å². The minimum atomic E-state index is -1.57. The van der Waals surface area contributed by atoms with Gasteiger partial charge < -0.3 is 21.1 Å². The van der Waals surface area contributed by atoms with E-state index in [9.17, 15) is 23.5 Å². The summed E-state index contributed by atoms with van der Waals surface area (Å²) in [7, 11) is 0. The minimum Gasteiger partial charge on any atom is -0.391 e. The Bertz CT molecular complexity index is 1300. The SMILES string of the molecule is CCCN(CCC)C(=O)C1=CC(C(N)=O)([C@H](Cc2cc(F)cc(F)c2)[C@@H](O)CNC2(c3ccccc3)CCCC2)CN=C1. The van der Waals surface area contributed by atoms with E-state index in [-0.39, 0.29) is 42.1 Å². The van der Waals surface area contributed by atoms with Gasteiger partial charge in [-0.3, -0.25) is 14.6 Å². The number of nitrogens with one attached hydrogen (secondary N) is 1. The molecular formula is C34H44F2N4O3. The van der Waals surface area contributed by atoms with Crippen molar-refractivity contribution in [1.29, 1.82) is 0 Å². The van der Waals surface area contributed by atoms with E-state index in [2.05, 4.69) is 22.4 Å². The predicted molar refractivity (Wildman–Crippen MR) is 164 cm³/mol. The third-order valence-corrected chi connectivity index (χ3v) is 8.91. The van der Waals surface area contributed by atoms with Crippen LogP contribution in [0.4, 0.5) is 8.78 Å². The van der Waals surface area contributed by atoms with Crippen molar-refractivity contribution >= 4 is 18.0 Å². The third kappa shape index (κ3) is 7.39. The van der Waals surface area contributed by atoms with Crippen LogP contribution in [0.3, 0.4) is 0 Å². The molecule has 1 aliphatic heterocycles. The number of benzene rings is 2. The molecule has 1 heterocycles. The molecule has 0 bridgehead atoms. The first-order valence-electron chi connectivity index (χ1n) is 15.4. The summed E-state index contributed by atoms with van der Waals surface area (Å²) >= 11 is 0. The van der Waals surface area contributed by atoms with Crippen molar-refractivity contribution in [3.05, 3.63) is 82.9 Å². The Hall–Kier alpha value is -3.43. The standard InChI is InChI=1S/C34H44F2N4O3/c1-3-14-40(15-4-2)31(42)25-20-33(32(37)43,23-38-21-25)29(18-24-16-27(35)19-28(36)17-24)30(41)22-39-34(12-8-9-13-34)26-10-6-5-7-11-26/h5-7,10-11,16-17,19-21,29-30,39,41H,3-4,8-9,12-15,18,22-23H2,1-2H3,(H2,37,43)/t29-,30+,33?/m1/s1. The third-order valence-electron chi connectivity index (χ3n) is 8.91. The molecule has 0 radical (unpaired) electrons. The van der Waals surface area contributed by atoms with E-state index < -0.39 is 35.0 Å². The van der Waals surface area contributed by atoms with Gasteiger partial charge in [-0.2, -0.15) is 0 Å². The molecule has 43 heavy (non-hydrogen) atoms. The maximum Gasteiger partial charge on any atom is 0.255 e. The van der Waals surface area contributed by atoms with E-state index >= 15 is 0 Å². The zero-order valence-electron chi connectivity index (χ0n) is 25.2. The molecular weight excluding hydrogens is 550 g/mol. The Morgan fingerprint density at radius 2 is 1.67 bits per heavy atom. The lowest BCUT2D eigenvalue weighted by Gasteiger charge is -2.41. The first-order valence-corrected chi connectivity index (χ1v) is 15.4. The lowest BCUT2D eigenvalue weighted by molar-refractivity contribution is -0.130. The quantitative estimate of drug-likeness (QED) is 0.295. The maximum absolute atomic E-state index is 14.3. The van der Waals surface area contributed by atoms with Crippen molar-refractivity contribution < 1.29 is 23.5 Å². The summed E-state index contributed by atoms with van der Waals surface area (Å²) < 4.78 is 28.6. The van der Waals surface area contributed by atoms with Crippen LogP contribution in [0.2, 0.25) is 0 Å². The molecule has 2 amide bonds. The first kappa shape index (κ1) is 32.5. The summed E-state index contributed by atoms with van der Waals surface area (Å²) in [6, 6.07) is 13.2. The summed E-state index contributed by atoms with van der Waals surface area (Å²) in [5.41, 5.74) is 5.79. The molecule has 0 spiro atoms. The number of amides is 2. The first-order chi connectivity index (χ1) is 20.6. The average Bonchev–Trinajstić information content (AvgIpc) is 3.48. The van der Waals surface area contributed by atoms with Gasteiger partial charge in [0.1, 0.15) is 11.6 Å². The predicted octanol–water partition coefficient (Wildman–Crippen LogP) is 4.67. The van der Waals surface area contributed by atoms with Crippen LogP contribution in [-0.4, -0.2) is 60.3 Å². The Morgan fingerprint density at radius 1 is 1.05 bits per heavy atom. The number of rotatable bonds is 14. The van der Waals surface area contributed by atoms with Crippen molar-refractivity contribution in [3.8, 4) is 0 Å². The highest BCUT2D eigenvalue weighted by Crippen LogP contribution is 2.41. The number of nitrogens with zero attached hydrogens (tertiary/aromatic N) is 2. The number of nitrogens with two attached hydrogens (primary N) is 1. The van der Waals surface area contributed by atoms with Crippen LogP contribution in [0.1, 0.15) is 63.5 Å². The van der Waals surface area contributed by atoms with Gasteiger partial charge in [-0.05, 0) is 55.4 Å². The van der Waals surface area contributed by atoms with Crippen LogP contribution in [0.25, 0.3) is 0 Å². The number of dihydropyridines is 1. The largest absolute Gasteiger partial charge is 0.391 e. The van der Waals surface area contributed by atoms with Crippen LogP contribution >= 0.6 is 0 Å². The number of halogens is 2. The van der Waals surface area contributed by atoms with Crippen LogP contribution in [0.15, 0.2) is 65.2 Å². The second-order valence-electron chi connectivity index (χ2n) is 12.0. The van der Waals surface area contributed by atoms with E-state index in [0.717, 1.165) is 50.2 Å². The van der Waals surface area contributed by atoms with Gasteiger partial charge in [0.25, 0.3) is 5.91 Å². The lowest BCUT2D eigenvalue weighted by atomic mass is 9.67. The summed E-state index contributed by atoms with van der Waals surface area (Å²) in [6.07, 6.45) is 7.13. The number of hydrogen-bond donors (Lipinski definition) is 3. The molecule has 0 aromatic heterocycles. The highest BCUT2D eigenvalue weighted by Gasteiger charge is 2.48. The molecule has 4 rings (SSSR count). The second kappa shape index (κ2) is 14.4. The van der Waals surface area contributed by atoms with Gasteiger partial charge in [-0.25, -0.2) is 8.78 Å². The second-order valence-corrected chi connectivity index (χ2v) is 12.0. The molecule has 0 saturated heterocycles. The monoisotopic (exact) mass is 594 g/mol. The number of aliphatic imine (C=N–C) groups is 1. The van der Waals surface area contributed by atoms with Crippen molar-refractivity contribution in [2.45, 2.75) is 70.4 Å². The maximum atomic E-state index is 14.3. The van der Waals surface area contributed by atoms with E-state index in [0.29, 0.717) is 13.1 Å². The number of hydrogen-bond acceptors (Lipinski definition) is 5. The summed E-state index contributed by atoms with van der Waals surface area (Å²) in [6.45, 7) is 5.06. The Labute approximate surface area is 253 Å². The molecule has 4 N–H and O–H groups in total. The summed E-state index contributed by atoms with van der Waals surface area (Å²) in [5, 5.41) is 15.5. The number of carbonyl (C=O) groups excluding carboxylic acids is 2. The summed E-state index contributed by atoms with van der Waals surface area (Å²) in [4.78, 5) is 33.1. The van der Waals surface area contributed by atoms with E-state index in [1.807, 2.05) is 32.0 Å². The zero-order valence-corrected chi connectivity index (χ0v) is 25.2. The lowest BCUT2D eigenvalue weighted by Crippen LogP contribution is -2.54. The highest BCUT2D eigenvalue weighted by atomic mass is 19.1. The molecule has 7 nitrogen and oxygen atoms in total. The Balaban J connectivity index is 1.72. The molecule has 1 saturated carbocycles. The van der Waals surface area contributed by atoms with Crippen LogP contribution in [0.5, 0.6) is 0 Å². The van der Waals surface area contributed by atoms with Gasteiger partial charge in [0.15, 0.2) is 0 Å².